The Kier molecular flexibility index (Phi) is 7.30. The molecular weight excluding hydrogens is 332 g/mol. The summed E-state index contributed by atoms with van der Waals surface area (Å²) in [6, 6.07) is 3.97. The molecule has 0 radical (unpaired) electrons. The summed E-state index contributed by atoms with van der Waals surface area (Å²) in [7, 11) is -1.27. The van der Waals surface area contributed by atoms with Gasteiger partial charge in [0.1, 0.15) is 10.6 Å². The van der Waals surface area contributed by atoms with Crippen molar-refractivity contribution in [2.45, 2.75) is 24.3 Å². The lowest BCUT2D eigenvalue weighted by Gasteiger charge is -2.24. The Morgan fingerprint density at radius 1 is 1.32 bits per heavy atom. The van der Waals surface area contributed by atoms with E-state index in [9.17, 15) is 13.2 Å². The van der Waals surface area contributed by atoms with Gasteiger partial charge in [-0.1, -0.05) is 0 Å². The molecule has 0 fully saturated rings. The highest BCUT2D eigenvalue weighted by Crippen LogP contribution is 2.26. The zero-order valence-electron chi connectivity index (χ0n) is 12.9. The Morgan fingerprint density at radius 3 is 2.36 bits per heavy atom. The van der Waals surface area contributed by atoms with Crippen molar-refractivity contribution in [1.29, 1.82) is 0 Å². The maximum Gasteiger partial charge on any atom is 0.337 e. The van der Waals surface area contributed by atoms with Crippen molar-refractivity contribution in [2.75, 3.05) is 20.8 Å². The van der Waals surface area contributed by atoms with Gasteiger partial charge in [-0.3, -0.25) is 0 Å². The molecule has 0 aromatic heterocycles. The van der Waals surface area contributed by atoms with Gasteiger partial charge in [-0.2, -0.15) is 0 Å². The van der Waals surface area contributed by atoms with E-state index < -0.39 is 21.5 Å². The summed E-state index contributed by atoms with van der Waals surface area (Å²) in [6.07, 6.45) is 0. The Hall–Kier alpha value is -1.35. The van der Waals surface area contributed by atoms with Gasteiger partial charge in [0.25, 0.3) is 0 Å². The van der Waals surface area contributed by atoms with Gasteiger partial charge in [0.05, 0.1) is 19.8 Å². The van der Waals surface area contributed by atoms with Crippen LogP contribution in [0.2, 0.25) is 0 Å². The molecule has 1 aromatic carbocycles. The third-order valence-corrected chi connectivity index (χ3v) is 4.53. The maximum atomic E-state index is 12.4. The van der Waals surface area contributed by atoms with Crippen molar-refractivity contribution < 1.29 is 22.7 Å². The smallest absolute Gasteiger partial charge is 0.337 e. The first-order chi connectivity index (χ1) is 9.66. The summed E-state index contributed by atoms with van der Waals surface area (Å²) in [5, 5.41) is 0. The van der Waals surface area contributed by atoms with Crippen molar-refractivity contribution in [3.8, 4) is 5.75 Å². The molecule has 0 aliphatic rings. The molecule has 0 amide bonds. The Bertz CT molecular complexity index is 631. The van der Waals surface area contributed by atoms with Gasteiger partial charge in [-0.05, 0) is 32.0 Å². The van der Waals surface area contributed by atoms with E-state index in [0.29, 0.717) is 0 Å². The highest BCUT2D eigenvalue weighted by Gasteiger charge is 2.28. The summed E-state index contributed by atoms with van der Waals surface area (Å²) in [5.41, 5.74) is 4.92. The molecule has 0 heterocycles. The minimum Gasteiger partial charge on any atom is -0.495 e. The standard InChI is InChI=1S/C13H20N2O5S.ClH/c1-13(2,8-14)15-21(17,18)11-6-5-9(12(16)20-4)7-10(11)19-3;/h5-7,15H,8,14H2,1-4H3;1H. The molecule has 0 bridgehead atoms. The summed E-state index contributed by atoms with van der Waals surface area (Å²) >= 11 is 0. The number of carbonyl (C=O) groups is 1. The third-order valence-electron chi connectivity index (χ3n) is 2.80. The van der Waals surface area contributed by atoms with Crippen LogP contribution < -0.4 is 15.2 Å². The van der Waals surface area contributed by atoms with Gasteiger partial charge in [0, 0.05) is 12.1 Å². The molecule has 0 aliphatic heterocycles. The lowest BCUT2D eigenvalue weighted by atomic mass is 10.1. The van der Waals surface area contributed by atoms with E-state index in [-0.39, 0.29) is 35.2 Å². The number of benzene rings is 1. The van der Waals surface area contributed by atoms with Crippen LogP contribution in [-0.2, 0) is 14.8 Å². The number of hydrogen-bond donors (Lipinski definition) is 2. The van der Waals surface area contributed by atoms with Gasteiger partial charge in [-0.15, -0.1) is 12.4 Å². The van der Waals surface area contributed by atoms with Crippen LogP contribution in [0.5, 0.6) is 5.75 Å². The maximum absolute atomic E-state index is 12.4. The number of nitrogens with one attached hydrogen (secondary N) is 1. The summed E-state index contributed by atoms with van der Waals surface area (Å²) in [4.78, 5) is 11.4. The topological polar surface area (TPSA) is 108 Å². The van der Waals surface area contributed by atoms with Gasteiger partial charge in [0.15, 0.2) is 0 Å². The lowest BCUT2D eigenvalue weighted by molar-refractivity contribution is 0.0600. The molecule has 3 N–H and O–H groups in total. The van der Waals surface area contributed by atoms with E-state index in [1.54, 1.807) is 13.8 Å². The van der Waals surface area contributed by atoms with E-state index in [0.717, 1.165) is 0 Å². The molecule has 1 rings (SSSR count). The second kappa shape index (κ2) is 7.77. The molecule has 0 spiro atoms. The summed E-state index contributed by atoms with van der Waals surface area (Å²) in [5.74, 6) is -0.522. The summed E-state index contributed by atoms with van der Waals surface area (Å²) < 4.78 is 36.9. The van der Waals surface area contributed by atoms with Crippen LogP contribution >= 0.6 is 12.4 Å². The van der Waals surface area contributed by atoms with Crippen LogP contribution in [-0.4, -0.2) is 40.7 Å². The first kappa shape index (κ1) is 20.6. The van der Waals surface area contributed by atoms with Crippen LogP contribution in [0.3, 0.4) is 0 Å². The first-order valence-corrected chi connectivity index (χ1v) is 7.65. The average Bonchev–Trinajstić information content (AvgIpc) is 2.44. The monoisotopic (exact) mass is 352 g/mol. The van der Waals surface area contributed by atoms with Crippen molar-refractivity contribution in [3.05, 3.63) is 23.8 Å². The zero-order chi connectivity index (χ0) is 16.3. The number of nitrogens with two attached hydrogens (primary N) is 1. The predicted octanol–water partition coefficient (Wildman–Crippen LogP) is 0.919. The van der Waals surface area contributed by atoms with Crippen LogP contribution in [0.25, 0.3) is 0 Å². The number of hydrogen-bond acceptors (Lipinski definition) is 6. The van der Waals surface area contributed by atoms with Crippen molar-refractivity contribution in [2.24, 2.45) is 5.73 Å². The van der Waals surface area contributed by atoms with Crippen molar-refractivity contribution >= 4 is 28.4 Å². The van der Waals surface area contributed by atoms with Crippen molar-refractivity contribution in [3.63, 3.8) is 0 Å². The van der Waals surface area contributed by atoms with E-state index in [1.807, 2.05) is 0 Å². The Balaban J connectivity index is 0.00000441. The van der Waals surface area contributed by atoms with Crippen molar-refractivity contribution in [1.82, 2.24) is 4.72 Å². The number of carbonyl (C=O) groups excluding carboxylic acids is 1. The normalized spacial score (nSPS) is 11.5. The van der Waals surface area contributed by atoms with Gasteiger partial charge >= 0.3 is 5.97 Å². The number of ether oxygens (including phenoxy) is 2. The molecule has 1 aromatic rings. The summed E-state index contributed by atoms with van der Waals surface area (Å²) in [6.45, 7) is 3.47. The predicted molar refractivity (Wildman–Crippen MR) is 85.0 cm³/mol. The lowest BCUT2D eigenvalue weighted by Crippen LogP contribution is -2.48. The highest BCUT2D eigenvalue weighted by molar-refractivity contribution is 7.89. The van der Waals surface area contributed by atoms with Gasteiger partial charge in [-0.25, -0.2) is 17.9 Å². The fourth-order valence-corrected chi connectivity index (χ4v) is 3.17. The fourth-order valence-electron chi connectivity index (χ4n) is 1.59. The number of esters is 1. The molecule has 0 saturated carbocycles. The average molecular weight is 353 g/mol. The first-order valence-electron chi connectivity index (χ1n) is 6.17. The minimum absolute atomic E-state index is 0. The second-order valence-electron chi connectivity index (χ2n) is 5.05. The van der Waals surface area contributed by atoms with E-state index in [1.165, 1.54) is 32.4 Å². The largest absolute Gasteiger partial charge is 0.495 e. The van der Waals surface area contributed by atoms with Crippen LogP contribution in [0.1, 0.15) is 24.2 Å². The van der Waals surface area contributed by atoms with Crippen LogP contribution in [0.4, 0.5) is 0 Å². The minimum atomic E-state index is -3.83. The van der Waals surface area contributed by atoms with E-state index in [2.05, 4.69) is 9.46 Å². The van der Waals surface area contributed by atoms with E-state index >= 15 is 0 Å². The van der Waals surface area contributed by atoms with Crippen LogP contribution in [0, 0.1) is 0 Å². The quantitative estimate of drug-likeness (QED) is 0.737. The van der Waals surface area contributed by atoms with Gasteiger partial charge < -0.3 is 15.2 Å². The molecule has 0 aliphatic carbocycles. The SMILES string of the molecule is COC(=O)c1ccc(S(=O)(=O)NC(C)(C)CN)c(OC)c1.Cl. The molecular formula is C13H21ClN2O5S. The van der Waals surface area contributed by atoms with Gasteiger partial charge in [0.2, 0.25) is 10.0 Å². The number of rotatable bonds is 6. The molecule has 22 heavy (non-hydrogen) atoms. The number of halogens is 1. The third kappa shape index (κ3) is 4.84. The number of sulfonamides is 1. The van der Waals surface area contributed by atoms with E-state index in [4.69, 9.17) is 10.5 Å². The molecule has 9 heteroatoms. The molecule has 126 valence electrons. The molecule has 0 atom stereocenters. The fraction of sp³-hybridized carbons (Fsp3) is 0.462. The highest BCUT2D eigenvalue weighted by atomic mass is 35.5. The van der Waals surface area contributed by atoms with Crippen LogP contribution in [0.15, 0.2) is 23.1 Å². The Labute approximate surface area is 136 Å². The second-order valence-corrected chi connectivity index (χ2v) is 6.70. The number of methoxy groups -OCH3 is 2. The zero-order valence-corrected chi connectivity index (χ0v) is 14.5. The molecule has 7 nitrogen and oxygen atoms in total. The molecule has 0 saturated heterocycles. The Morgan fingerprint density at radius 2 is 1.91 bits per heavy atom. The molecule has 0 unspecified atom stereocenters.